The second-order valence-electron chi connectivity index (χ2n) is 4.96. The molecule has 1 aliphatic heterocycles. The van der Waals surface area contributed by atoms with Crippen molar-refractivity contribution in [3.05, 3.63) is 12.4 Å². The van der Waals surface area contributed by atoms with Crippen LogP contribution in [0.5, 0.6) is 0 Å². The highest BCUT2D eigenvalue weighted by Gasteiger charge is 2.24. The van der Waals surface area contributed by atoms with Gasteiger partial charge in [0.15, 0.2) is 0 Å². The molecule has 2 fully saturated rings. The Labute approximate surface area is 101 Å². The minimum Gasteiger partial charge on any atom is -0.396 e. The van der Waals surface area contributed by atoms with E-state index in [1.54, 1.807) is 6.33 Å². The number of anilines is 2. The molecule has 1 saturated heterocycles. The molecule has 2 N–H and O–H groups in total. The lowest BCUT2D eigenvalue weighted by atomic mass is 10.1. The summed E-state index contributed by atoms with van der Waals surface area (Å²) >= 11 is 0. The Kier molecular flexibility index (Phi) is 2.84. The third kappa shape index (κ3) is 2.49. The zero-order valence-corrected chi connectivity index (χ0v) is 9.84. The molecule has 1 aliphatic carbocycles. The molecule has 1 saturated carbocycles. The fourth-order valence-corrected chi connectivity index (χ4v) is 2.23. The molecule has 92 valence electrons. The molecule has 1 atom stereocenters. The summed E-state index contributed by atoms with van der Waals surface area (Å²) in [4.78, 5) is 10.8. The van der Waals surface area contributed by atoms with Crippen LogP contribution in [0.25, 0.3) is 0 Å². The molecule has 1 unspecified atom stereocenters. The van der Waals surface area contributed by atoms with E-state index in [0.717, 1.165) is 31.1 Å². The summed E-state index contributed by atoms with van der Waals surface area (Å²) in [6.07, 6.45) is 5.16. The Hall–Kier alpha value is -1.36. The second-order valence-corrected chi connectivity index (χ2v) is 4.96. The Morgan fingerprint density at radius 1 is 1.35 bits per heavy atom. The Morgan fingerprint density at radius 3 is 2.94 bits per heavy atom. The number of aromatic nitrogens is 2. The van der Waals surface area contributed by atoms with Crippen molar-refractivity contribution >= 4 is 11.6 Å². The number of hydrogen-bond donors (Lipinski definition) is 2. The maximum atomic E-state index is 9.14. The van der Waals surface area contributed by atoms with Crippen molar-refractivity contribution in [3.8, 4) is 0 Å². The topological polar surface area (TPSA) is 61.3 Å². The van der Waals surface area contributed by atoms with Gasteiger partial charge in [0.25, 0.3) is 0 Å². The van der Waals surface area contributed by atoms with Crippen LogP contribution in [-0.2, 0) is 0 Å². The van der Waals surface area contributed by atoms with E-state index in [9.17, 15) is 0 Å². The van der Waals surface area contributed by atoms with Crippen molar-refractivity contribution in [1.82, 2.24) is 9.97 Å². The molecule has 5 nitrogen and oxygen atoms in total. The van der Waals surface area contributed by atoms with Crippen LogP contribution in [0.4, 0.5) is 11.6 Å². The molecule has 1 aromatic rings. The lowest BCUT2D eigenvalue weighted by Crippen LogP contribution is -2.22. The van der Waals surface area contributed by atoms with Crippen molar-refractivity contribution in [3.63, 3.8) is 0 Å². The Morgan fingerprint density at radius 2 is 2.24 bits per heavy atom. The predicted molar refractivity (Wildman–Crippen MR) is 66.1 cm³/mol. The molecular weight excluding hydrogens is 216 g/mol. The number of nitrogens with zero attached hydrogens (tertiary/aromatic N) is 3. The van der Waals surface area contributed by atoms with Crippen LogP contribution in [0.2, 0.25) is 0 Å². The van der Waals surface area contributed by atoms with Crippen molar-refractivity contribution in [2.24, 2.45) is 5.92 Å². The molecule has 0 aromatic carbocycles. The van der Waals surface area contributed by atoms with E-state index in [-0.39, 0.29) is 6.61 Å². The summed E-state index contributed by atoms with van der Waals surface area (Å²) < 4.78 is 0. The number of hydrogen-bond acceptors (Lipinski definition) is 5. The Bertz CT molecular complexity index is 394. The quantitative estimate of drug-likeness (QED) is 0.809. The van der Waals surface area contributed by atoms with Crippen LogP contribution in [0.15, 0.2) is 12.4 Å². The largest absolute Gasteiger partial charge is 0.396 e. The fourth-order valence-electron chi connectivity index (χ4n) is 2.23. The fraction of sp³-hybridized carbons (Fsp3) is 0.667. The van der Waals surface area contributed by atoms with E-state index in [4.69, 9.17) is 5.11 Å². The van der Waals surface area contributed by atoms with Crippen LogP contribution in [-0.4, -0.2) is 40.8 Å². The normalized spacial score (nSPS) is 24.1. The standard InChI is InChI=1S/C12H18N4O/c17-7-9-3-4-16(6-9)12-5-11(13-8-14-12)15-10-1-2-10/h5,8-10,17H,1-4,6-7H2,(H,13,14,15). The minimum atomic E-state index is 0.273. The smallest absolute Gasteiger partial charge is 0.134 e. The zero-order chi connectivity index (χ0) is 11.7. The van der Waals surface area contributed by atoms with Crippen molar-refractivity contribution < 1.29 is 5.11 Å². The van der Waals surface area contributed by atoms with Gasteiger partial charge >= 0.3 is 0 Å². The molecule has 0 radical (unpaired) electrons. The zero-order valence-electron chi connectivity index (χ0n) is 9.84. The van der Waals surface area contributed by atoms with Gasteiger partial charge in [0.2, 0.25) is 0 Å². The van der Waals surface area contributed by atoms with Gasteiger partial charge in [0.1, 0.15) is 18.0 Å². The number of rotatable bonds is 4. The third-order valence-corrected chi connectivity index (χ3v) is 3.45. The molecule has 0 bridgehead atoms. The monoisotopic (exact) mass is 234 g/mol. The van der Waals surface area contributed by atoms with Crippen LogP contribution in [0, 0.1) is 5.92 Å². The van der Waals surface area contributed by atoms with Gasteiger partial charge in [0.05, 0.1) is 0 Å². The summed E-state index contributed by atoms with van der Waals surface area (Å²) in [5.41, 5.74) is 0. The SMILES string of the molecule is OCC1CCN(c2cc(NC3CC3)ncn2)C1. The highest BCUT2D eigenvalue weighted by molar-refractivity contribution is 5.50. The van der Waals surface area contributed by atoms with E-state index >= 15 is 0 Å². The summed E-state index contributed by atoms with van der Waals surface area (Å²) in [6, 6.07) is 2.62. The molecule has 1 aromatic heterocycles. The first-order valence-corrected chi connectivity index (χ1v) is 6.29. The maximum Gasteiger partial charge on any atom is 0.134 e. The van der Waals surface area contributed by atoms with Gasteiger partial charge in [-0.2, -0.15) is 0 Å². The third-order valence-electron chi connectivity index (χ3n) is 3.45. The molecule has 2 aliphatic rings. The van der Waals surface area contributed by atoms with Gasteiger partial charge in [-0.1, -0.05) is 0 Å². The lowest BCUT2D eigenvalue weighted by Gasteiger charge is -2.17. The Balaban J connectivity index is 1.69. The van der Waals surface area contributed by atoms with Gasteiger partial charge < -0.3 is 15.3 Å². The molecule has 0 amide bonds. The van der Waals surface area contributed by atoms with E-state index in [2.05, 4.69) is 20.2 Å². The summed E-state index contributed by atoms with van der Waals surface area (Å²) in [6.45, 7) is 2.15. The molecular formula is C12H18N4O. The maximum absolute atomic E-state index is 9.14. The van der Waals surface area contributed by atoms with Gasteiger partial charge in [0, 0.05) is 37.7 Å². The molecule has 3 rings (SSSR count). The second kappa shape index (κ2) is 4.49. The average molecular weight is 234 g/mol. The summed E-state index contributed by atoms with van der Waals surface area (Å²) in [5, 5.41) is 12.5. The lowest BCUT2D eigenvalue weighted by molar-refractivity contribution is 0.238. The first-order valence-electron chi connectivity index (χ1n) is 6.29. The van der Waals surface area contributed by atoms with Crippen LogP contribution in [0.1, 0.15) is 19.3 Å². The highest BCUT2D eigenvalue weighted by Crippen LogP contribution is 2.26. The molecule has 5 heteroatoms. The first-order chi connectivity index (χ1) is 8.35. The van der Waals surface area contributed by atoms with Gasteiger partial charge in [-0.25, -0.2) is 9.97 Å². The van der Waals surface area contributed by atoms with Crippen LogP contribution in [0.3, 0.4) is 0 Å². The average Bonchev–Trinajstić information content (AvgIpc) is 3.04. The first kappa shape index (κ1) is 10.8. The minimum absolute atomic E-state index is 0.273. The van der Waals surface area contributed by atoms with Crippen LogP contribution < -0.4 is 10.2 Å². The van der Waals surface area contributed by atoms with Gasteiger partial charge in [-0.15, -0.1) is 0 Å². The van der Waals surface area contributed by atoms with Crippen molar-refractivity contribution in [2.45, 2.75) is 25.3 Å². The number of aliphatic hydroxyl groups excluding tert-OH is 1. The predicted octanol–water partition coefficient (Wildman–Crippen LogP) is 0.869. The van der Waals surface area contributed by atoms with Crippen molar-refractivity contribution in [1.29, 1.82) is 0 Å². The molecule has 0 spiro atoms. The van der Waals surface area contributed by atoms with Gasteiger partial charge in [-0.05, 0) is 19.3 Å². The van der Waals surface area contributed by atoms with E-state index in [0.29, 0.717) is 12.0 Å². The van der Waals surface area contributed by atoms with Crippen LogP contribution >= 0.6 is 0 Å². The van der Waals surface area contributed by atoms with Gasteiger partial charge in [-0.3, -0.25) is 0 Å². The van der Waals surface area contributed by atoms with E-state index in [1.165, 1.54) is 12.8 Å². The van der Waals surface area contributed by atoms with Crippen molar-refractivity contribution in [2.75, 3.05) is 29.9 Å². The van der Waals surface area contributed by atoms with E-state index in [1.807, 2.05) is 6.07 Å². The summed E-state index contributed by atoms with van der Waals surface area (Å²) in [7, 11) is 0. The summed E-state index contributed by atoms with van der Waals surface area (Å²) in [5.74, 6) is 2.29. The number of aliphatic hydroxyl groups is 1. The van der Waals surface area contributed by atoms with E-state index < -0.39 is 0 Å². The highest BCUT2D eigenvalue weighted by atomic mass is 16.3. The molecule has 2 heterocycles. The number of nitrogens with one attached hydrogen (secondary N) is 1. The molecule has 17 heavy (non-hydrogen) atoms.